The average Bonchev–Trinajstić information content (AvgIpc) is 3.02. The lowest BCUT2D eigenvalue weighted by Crippen LogP contribution is -2.23. The van der Waals surface area contributed by atoms with Crippen molar-refractivity contribution < 1.29 is 22.6 Å². The van der Waals surface area contributed by atoms with Crippen LogP contribution in [0.5, 0.6) is 5.88 Å². The van der Waals surface area contributed by atoms with E-state index in [-0.39, 0.29) is 6.04 Å². The number of benzene rings is 3. The van der Waals surface area contributed by atoms with Gasteiger partial charge in [0.25, 0.3) is 0 Å². The molecule has 0 radical (unpaired) electrons. The fourth-order valence-corrected chi connectivity index (χ4v) is 4.93. The van der Waals surface area contributed by atoms with Crippen molar-refractivity contribution in [2.45, 2.75) is 38.9 Å². The molecule has 2 aromatic carbocycles. The summed E-state index contributed by atoms with van der Waals surface area (Å²) in [7, 11) is 1.56. The van der Waals surface area contributed by atoms with Gasteiger partial charge in [-0.25, -0.2) is 9.97 Å². The molecule has 3 aromatic rings. The lowest BCUT2D eigenvalue weighted by Gasteiger charge is -2.22. The van der Waals surface area contributed by atoms with E-state index in [1.54, 1.807) is 13.3 Å². The number of hydrogen-bond donors (Lipinski definition) is 1. The molecule has 1 aliphatic carbocycles. The monoisotopic (exact) mass is 575 g/mol. The van der Waals surface area contributed by atoms with Crippen molar-refractivity contribution in [1.29, 1.82) is 0 Å². The summed E-state index contributed by atoms with van der Waals surface area (Å²) in [6.07, 6.45) is -1.18. The Morgan fingerprint density at radius 1 is 0.952 bits per heavy atom. The highest BCUT2D eigenvalue weighted by atomic mass is 19.4. The van der Waals surface area contributed by atoms with Gasteiger partial charge >= 0.3 is 6.18 Å². The van der Waals surface area contributed by atoms with Gasteiger partial charge in [0, 0.05) is 25.1 Å². The first-order valence-electron chi connectivity index (χ1n) is 13.9. The predicted octanol–water partition coefficient (Wildman–Crippen LogP) is 7.40. The second-order valence-electron chi connectivity index (χ2n) is 9.50. The van der Waals surface area contributed by atoms with Gasteiger partial charge in [0.2, 0.25) is 5.88 Å². The fraction of sp³-hybridized carbons (Fsp3) is 0.281. The van der Waals surface area contributed by atoms with E-state index in [1.807, 2.05) is 66.9 Å². The van der Waals surface area contributed by atoms with Gasteiger partial charge in [-0.05, 0) is 73.5 Å². The number of halogens is 3. The summed E-state index contributed by atoms with van der Waals surface area (Å²) < 4.78 is 52.9. The number of fused-ring (bicyclic) bond motifs is 2. The highest BCUT2D eigenvalue weighted by Crippen LogP contribution is 2.34. The van der Waals surface area contributed by atoms with E-state index >= 15 is 0 Å². The van der Waals surface area contributed by atoms with Crippen LogP contribution in [-0.2, 0) is 10.9 Å². The van der Waals surface area contributed by atoms with Crippen LogP contribution in [-0.4, -0.2) is 40.9 Å². The molecule has 10 heteroatoms. The molecule has 42 heavy (non-hydrogen) atoms. The third-order valence-corrected chi connectivity index (χ3v) is 6.90. The number of ether oxygens (including phenoxy) is 2. The van der Waals surface area contributed by atoms with Gasteiger partial charge < -0.3 is 19.4 Å². The molecule has 6 rings (SSSR count). The van der Waals surface area contributed by atoms with Crippen molar-refractivity contribution in [3.63, 3.8) is 0 Å². The minimum absolute atomic E-state index is 0.0653. The quantitative estimate of drug-likeness (QED) is 0.221. The molecule has 0 amide bonds. The van der Waals surface area contributed by atoms with Crippen LogP contribution in [0, 0.1) is 0 Å². The molecule has 3 aliphatic rings. The molecule has 1 N–H and O–H groups in total. The van der Waals surface area contributed by atoms with Gasteiger partial charge in [-0.15, -0.1) is 0 Å². The van der Waals surface area contributed by atoms with Gasteiger partial charge in [0.05, 0.1) is 52.2 Å². The molecule has 218 valence electrons. The van der Waals surface area contributed by atoms with Crippen LogP contribution in [0.2, 0.25) is 0 Å². The van der Waals surface area contributed by atoms with Crippen LogP contribution in [0.4, 0.5) is 24.5 Å². The van der Waals surface area contributed by atoms with Crippen LogP contribution in [0.1, 0.15) is 32.3 Å². The maximum atomic E-state index is 13.3. The summed E-state index contributed by atoms with van der Waals surface area (Å²) in [5.41, 5.74) is 4.10. The molecule has 0 spiro atoms. The number of anilines is 2. The number of para-hydroxylation sites is 2. The zero-order valence-electron chi connectivity index (χ0n) is 23.7. The molecular weight excluding hydrogens is 543 g/mol. The number of pyridine rings is 1. The van der Waals surface area contributed by atoms with Gasteiger partial charge in [-0.1, -0.05) is 26.0 Å². The SMILES string of the molecule is CC.COc1ncccc1Nc1cc2nc3ccccc3n(-c3ccc(C(F)(F)F)cc3)c-2cc1=NC1CCOCC1. The van der Waals surface area contributed by atoms with Crippen molar-refractivity contribution in [2.75, 3.05) is 25.6 Å². The van der Waals surface area contributed by atoms with Crippen molar-refractivity contribution in [1.82, 2.24) is 14.5 Å². The Labute approximate surface area is 242 Å². The number of nitrogens with one attached hydrogen (secondary N) is 1. The first kappa shape index (κ1) is 29.1. The summed E-state index contributed by atoms with van der Waals surface area (Å²) in [5.74, 6) is 0.436. The standard InChI is InChI=1S/C30H26F3N5O2.C2H6/c1-39-29-23(6-4-14-34-29)37-24-17-26-28(18-25(24)35-20-12-15-40-16-13-20)38(27-7-3-2-5-22(27)36-26)21-10-8-19(9-11-21)30(31,32)33;1-2/h2-11,14,17-18,20,37H,12-13,15-16H2,1H3;1-2H3. The van der Waals surface area contributed by atoms with E-state index in [9.17, 15) is 13.2 Å². The lowest BCUT2D eigenvalue weighted by molar-refractivity contribution is -0.137. The molecule has 0 unspecified atom stereocenters. The van der Waals surface area contributed by atoms with Gasteiger partial charge in [0.1, 0.15) is 5.69 Å². The second-order valence-corrected chi connectivity index (χ2v) is 9.50. The number of nitrogens with zero attached hydrogens (tertiary/aromatic N) is 4. The Balaban J connectivity index is 0.00000173. The first-order valence-corrected chi connectivity index (χ1v) is 13.9. The normalized spacial score (nSPS) is 14.5. The number of rotatable bonds is 5. The van der Waals surface area contributed by atoms with E-state index in [1.165, 1.54) is 12.1 Å². The maximum Gasteiger partial charge on any atom is 0.416 e. The summed E-state index contributed by atoms with van der Waals surface area (Å²) in [6, 6.07) is 20.3. The third-order valence-electron chi connectivity index (χ3n) is 6.90. The molecule has 0 bridgehead atoms. The molecule has 3 heterocycles. The zero-order valence-corrected chi connectivity index (χ0v) is 23.7. The predicted molar refractivity (Wildman–Crippen MR) is 158 cm³/mol. The third kappa shape index (κ3) is 6.08. The van der Waals surface area contributed by atoms with Crippen LogP contribution < -0.4 is 15.4 Å². The van der Waals surface area contributed by atoms with Crippen molar-refractivity contribution in [3.8, 4) is 23.0 Å². The molecule has 0 atom stereocenters. The Kier molecular flexibility index (Phi) is 8.72. The Bertz CT molecular complexity index is 1690. The smallest absolute Gasteiger partial charge is 0.416 e. The van der Waals surface area contributed by atoms with Crippen molar-refractivity contribution >= 4 is 22.4 Å². The maximum absolute atomic E-state index is 13.3. The molecule has 1 fully saturated rings. The van der Waals surface area contributed by atoms with Gasteiger partial charge in [0.15, 0.2) is 0 Å². The van der Waals surface area contributed by atoms with Crippen molar-refractivity contribution in [3.05, 3.63) is 89.9 Å². The first-order chi connectivity index (χ1) is 20.4. The summed E-state index contributed by atoms with van der Waals surface area (Å²) in [4.78, 5) is 14.3. The molecular formula is C32H32F3N5O2. The van der Waals surface area contributed by atoms with E-state index in [0.29, 0.717) is 58.4 Å². The number of alkyl halides is 3. The van der Waals surface area contributed by atoms with Crippen LogP contribution in [0.3, 0.4) is 0 Å². The number of hydrogen-bond acceptors (Lipinski definition) is 6. The molecule has 0 saturated carbocycles. The zero-order chi connectivity index (χ0) is 29.7. The number of aromatic nitrogens is 3. The molecule has 1 saturated heterocycles. The summed E-state index contributed by atoms with van der Waals surface area (Å²) in [5, 5.41) is 4.12. The Morgan fingerprint density at radius 2 is 1.69 bits per heavy atom. The topological polar surface area (TPSA) is 73.6 Å². The Hall–Kier alpha value is -4.44. The highest BCUT2D eigenvalue weighted by Gasteiger charge is 2.30. The Morgan fingerprint density at radius 3 is 2.40 bits per heavy atom. The lowest BCUT2D eigenvalue weighted by atomic mass is 10.1. The molecule has 1 aromatic heterocycles. The van der Waals surface area contributed by atoms with Crippen LogP contribution >= 0.6 is 0 Å². The molecule has 2 aliphatic heterocycles. The highest BCUT2D eigenvalue weighted by molar-refractivity contribution is 5.84. The van der Waals surface area contributed by atoms with E-state index < -0.39 is 11.7 Å². The average molecular weight is 576 g/mol. The summed E-state index contributed by atoms with van der Waals surface area (Å²) in [6.45, 7) is 5.28. The van der Waals surface area contributed by atoms with Crippen LogP contribution in [0.25, 0.3) is 28.1 Å². The minimum Gasteiger partial charge on any atom is -0.480 e. The van der Waals surface area contributed by atoms with Gasteiger partial charge in [-0.3, -0.25) is 4.99 Å². The van der Waals surface area contributed by atoms with E-state index in [2.05, 4.69) is 10.3 Å². The number of methoxy groups -OCH3 is 1. The molecule has 7 nitrogen and oxygen atoms in total. The largest absolute Gasteiger partial charge is 0.480 e. The van der Waals surface area contributed by atoms with E-state index in [4.69, 9.17) is 19.5 Å². The van der Waals surface area contributed by atoms with Gasteiger partial charge in [-0.2, -0.15) is 13.2 Å². The fourth-order valence-electron chi connectivity index (χ4n) is 4.93. The van der Waals surface area contributed by atoms with E-state index in [0.717, 1.165) is 30.5 Å². The van der Waals surface area contributed by atoms with Crippen molar-refractivity contribution in [2.24, 2.45) is 4.99 Å². The second kappa shape index (κ2) is 12.6. The minimum atomic E-state index is -4.42. The van der Waals surface area contributed by atoms with Crippen LogP contribution in [0.15, 0.2) is 84.0 Å². The summed E-state index contributed by atoms with van der Waals surface area (Å²) >= 11 is 0.